The van der Waals surface area contributed by atoms with Gasteiger partial charge in [-0.1, -0.05) is 37.3 Å². The first kappa shape index (κ1) is 17.6. The summed E-state index contributed by atoms with van der Waals surface area (Å²) in [5, 5.41) is 20.5. The van der Waals surface area contributed by atoms with Gasteiger partial charge in [-0.25, -0.2) is 4.79 Å². The van der Waals surface area contributed by atoms with Gasteiger partial charge in [0.15, 0.2) is 0 Å². The summed E-state index contributed by atoms with van der Waals surface area (Å²) in [5.74, 6) is -0.577. The molecule has 2 aromatic rings. The quantitative estimate of drug-likeness (QED) is 0.479. The highest BCUT2D eigenvalue weighted by Gasteiger charge is 2.31. The normalized spacial score (nSPS) is 13.1. The number of carbonyl (C=O) groups excluding carboxylic acids is 1. The summed E-state index contributed by atoms with van der Waals surface area (Å²) in [4.78, 5) is 22.3. The van der Waals surface area contributed by atoms with Crippen molar-refractivity contribution < 1.29 is 19.6 Å². The van der Waals surface area contributed by atoms with Crippen LogP contribution in [0.15, 0.2) is 54.6 Å². The molecule has 0 aliphatic carbocycles. The zero-order chi connectivity index (χ0) is 17.6. The van der Waals surface area contributed by atoms with Crippen LogP contribution in [0.25, 0.3) is 0 Å². The first-order chi connectivity index (χ1) is 11.5. The van der Waals surface area contributed by atoms with Crippen LogP contribution >= 0.6 is 0 Å². The number of benzene rings is 2. The van der Waals surface area contributed by atoms with Crippen LogP contribution in [0.5, 0.6) is 0 Å². The van der Waals surface area contributed by atoms with Gasteiger partial charge < -0.3 is 9.84 Å². The predicted molar refractivity (Wildman–Crippen MR) is 88.9 cm³/mol. The molecule has 0 fully saturated rings. The molecule has 1 N–H and O–H groups in total. The molecule has 0 saturated heterocycles. The van der Waals surface area contributed by atoms with Crippen LogP contribution in [0.2, 0.25) is 0 Å². The molecule has 0 saturated carbocycles. The number of hydrogen-bond donors (Lipinski definition) is 1. The van der Waals surface area contributed by atoms with Gasteiger partial charge in [-0.15, -0.1) is 0 Å². The molecular formula is C18H19NO5. The summed E-state index contributed by atoms with van der Waals surface area (Å²) in [6, 6.07) is 14.6. The molecule has 0 spiro atoms. The Labute approximate surface area is 139 Å². The van der Waals surface area contributed by atoms with Crippen molar-refractivity contribution in [2.75, 3.05) is 13.2 Å². The summed E-state index contributed by atoms with van der Waals surface area (Å²) in [6.45, 7) is 1.80. The van der Waals surface area contributed by atoms with Crippen molar-refractivity contribution in [1.82, 2.24) is 0 Å². The number of rotatable bonds is 7. The Hall–Kier alpha value is -2.73. The molecule has 0 unspecified atom stereocenters. The maximum atomic E-state index is 12.2. The van der Waals surface area contributed by atoms with Crippen LogP contribution in [-0.2, 0) is 10.2 Å². The smallest absolute Gasteiger partial charge is 0.338 e. The van der Waals surface area contributed by atoms with E-state index < -0.39 is 16.3 Å². The van der Waals surface area contributed by atoms with E-state index in [1.165, 1.54) is 24.3 Å². The highest BCUT2D eigenvalue weighted by atomic mass is 16.6. The molecule has 0 amide bonds. The van der Waals surface area contributed by atoms with Gasteiger partial charge in [-0.3, -0.25) is 10.1 Å². The molecule has 1 atom stereocenters. The summed E-state index contributed by atoms with van der Waals surface area (Å²) in [7, 11) is 0. The highest BCUT2D eigenvalue weighted by Crippen LogP contribution is 2.28. The molecule has 0 heterocycles. The number of aliphatic hydroxyl groups is 1. The van der Waals surface area contributed by atoms with Crippen LogP contribution in [0.3, 0.4) is 0 Å². The van der Waals surface area contributed by atoms with Gasteiger partial charge in [0.2, 0.25) is 0 Å². The number of ether oxygens (including phenoxy) is 1. The first-order valence-corrected chi connectivity index (χ1v) is 7.60. The number of nitro benzene ring substituents is 1. The minimum Gasteiger partial charge on any atom is -0.461 e. The number of nitrogens with zero attached hydrogens (tertiary/aromatic N) is 1. The van der Waals surface area contributed by atoms with E-state index in [0.29, 0.717) is 6.42 Å². The number of non-ortho nitro benzene ring substituents is 1. The van der Waals surface area contributed by atoms with E-state index in [1.54, 1.807) is 0 Å². The minimum atomic E-state index is -0.669. The molecule has 6 heteroatoms. The number of hydrogen-bond acceptors (Lipinski definition) is 5. The van der Waals surface area contributed by atoms with E-state index in [2.05, 4.69) is 0 Å². The Morgan fingerprint density at radius 2 is 1.79 bits per heavy atom. The molecule has 2 aromatic carbocycles. The van der Waals surface area contributed by atoms with Gasteiger partial charge in [0.05, 0.1) is 22.5 Å². The van der Waals surface area contributed by atoms with Crippen LogP contribution < -0.4 is 0 Å². The van der Waals surface area contributed by atoms with Crippen LogP contribution in [0, 0.1) is 10.1 Å². The summed E-state index contributed by atoms with van der Waals surface area (Å²) >= 11 is 0. The third-order valence-corrected chi connectivity index (χ3v) is 4.16. The van der Waals surface area contributed by atoms with Crippen molar-refractivity contribution in [3.63, 3.8) is 0 Å². The maximum Gasteiger partial charge on any atom is 0.338 e. The van der Waals surface area contributed by atoms with E-state index in [-0.39, 0.29) is 24.5 Å². The van der Waals surface area contributed by atoms with E-state index in [9.17, 15) is 20.0 Å². The maximum absolute atomic E-state index is 12.2. The molecule has 24 heavy (non-hydrogen) atoms. The zero-order valence-electron chi connectivity index (χ0n) is 13.3. The molecular weight excluding hydrogens is 310 g/mol. The number of esters is 1. The minimum absolute atomic E-state index is 0.0276. The molecule has 0 radical (unpaired) electrons. The number of nitro groups is 1. The standard InChI is InChI=1S/C18H19NO5/c1-2-18(12-20,15-6-4-3-5-7-15)13-24-17(21)14-8-10-16(11-9-14)19(22)23/h3-11,20H,2,12-13H2,1H3/t18-/m0/s1. The topological polar surface area (TPSA) is 89.7 Å². The Morgan fingerprint density at radius 1 is 1.17 bits per heavy atom. The van der Waals surface area contributed by atoms with Gasteiger partial charge in [-0.05, 0) is 24.1 Å². The molecule has 0 aromatic heterocycles. The molecule has 0 aliphatic heterocycles. The van der Waals surface area contributed by atoms with Crippen LogP contribution in [0.1, 0.15) is 29.3 Å². The van der Waals surface area contributed by atoms with Gasteiger partial charge in [0, 0.05) is 12.1 Å². The van der Waals surface area contributed by atoms with Gasteiger partial charge in [-0.2, -0.15) is 0 Å². The highest BCUT2D eigenvalue weighted by molar-refractivity contribution is 5.89. The third-order valence-electron chi connectivity index (χ3n) is 4.16. The second-order valence-electron chi connectivity index (χ2n) is 5.54. The third kappa shape index (κ3) is 3.78. The van der Waals surface area contributed by atoms with Crippen molar-refractivity contribution in [1.29, 1.82) is 0 Å². The van der Waals surface area contributed by atoms with Gasteiger partial charge in [0.25, 0.3) is 5.69 Å². The Kier molecular flexibility index (Phi) is 5.65. The molecule has 2 rings (SSSR count). The monoisotopic (exact) mass is 329 g/mol. The largest absolute Gasteiger partial charge is 0.461 e. The Morgan fingerprint density at radius 3 is 2.29 bits per heavy atom. The second kappa shape index (κ2) is 7.70. The lowest BCUT2D eigenvalue weighted by molar-refractivity contribution is -0.384. The molecule has 126 valence electrons. The fourth-order valence-corrected chi connectivity index (χ4v) is 2.44. The summed E-state index contributed by atoms with van der Waals surface area (Å²) in [6.07, 6.45) is 0.598. The van der Waals surface area contributed by atoms with E-state index in [0.717, 1.165) is 5.56 Å². The lowest BCUT2D eigenvalue weighted by Gasteiger charge is -2.30. The van der Waals surface area contributed by atoms with Gasteiger partial charge in [0.1, 0.15) is 6.61 Å². The second-order valence-corrected chi connectivity index (χ2v) is 5.54. The fourth-order valence-electron chi connectivity index (χ4n) is 2.44. The first-order valence-electron chi connectivity index (χ1n) is 7.60. The molecule has 0 aliphatic rings. The molecule has 6 nitrogen and oxygen atoms in total. The average molecular weight is 329 g/mol. The van der Waals surface area contributed by atoms with Crippen molar-refractivity contribution in [2.24, 2.45) is 0 Å². The van der Waals surface area contributed by atoms with Gasteiger partial charge >= 0.3 is 5.97 Å². The van der Waals surface area contributed by atoms with Crippen LogP contribution in [0.4, 0.5) is 5.69 Å². The Balaban J connectivity index is 2.12. The summed E-state index contributed by atoms with van der Waals surface area (Å²) in [5.41, 5.74) is 0.370. The van der Waals surface area contributed by atoms with E-state index >= 15 is 0 Å². The lowest BCUT2D eigenvalue weighted by Crippen LogP contribution is -2.36. The fraction of sp³-hybridized carbons (Fsp3) is 0.278. The average Bonchev–Trinajstić information content (AvgIpc) is 2.63. The van der Waals surface area contributed by atoms with Crippen LogP contribution in [-0.4, -0.2) is 29.2 Å². The summed E-state index contributed by atoms with van der Waals surface area (Å²) < 4.78 is 5.36. The van der Waals surface area contributed by atoms with E-state index in [1.807, 2.05) is 37.3 Å². The van der Waals surface area contributed by atoms with Crippen molar-refractivity contribution in [3.8, 4) is 0 Å². The van der Waals surface area contributed by atoms with Crippen molar-refractivity contribution >= 4 is 11.7 Å². The van der Waals surface area contributed by atoms with Crippen molar-refractivity contribution in [3.05, 3.63) is 75.8 Å². The zero-order valence-corrected chi connectivity index (χ0v) is 13.3. The number of carbonyl (C=O) groups is 1. The predicted octanol–water partition coefficient (Wildman–Crippen LogP) is 3.09. The van der Waals surface area contributed by atoms with E-state index in [4.69, 9.17) is 4.74 Å². The Bertz CT molecular complexity index is 693. The SMILES string of the molecule is CC[C@](CO)(COC(=O)c1ccc([N+](=O)[O-])cc1)c1ccccc1. The number of aliphatic hydroxyl groups excluding tert-OH is 1. The molecule has 0 bridgehead atoms. The lowest BCUT2D eigenvalue weighted by atomic mass is 9.79. The van der Waals surface area contributed by atoms with Crippen molar-refractivity contribution in [2.45, 2.75) is 18.8 Å².